The fourth-order valence-electron chi connectivity index (χ4n) is 2.29. The number of anilines is 2. The SMILES string of the molecule is CC(C)COc1ccccc1NC(=O)CNc1ccccc1OC(C)C. The van der Waals surface area contributed by atoms with Crippen molar-refractivity contribution in [3.8, 4) is 11.5 Å². The number of hydrogen-bond acceptors (Lipinski definition) is 4. The summed E-state index contributed by atoms with van der Waals surface area (Å²) in [5.41, 5.74) is 1.47. The van der Waals surface area contributed by atoms with Crippen molar-refractivity contribution in [3.05, 3.63) is 48.5 Å². The summed E-state index contributed by atoms with van der Waals surface area (Å²) in [5, 5.41) is 6.03. The van der Waals surface area contributed by atoms with E-state index >= 15 is 0 Å². The smallest absolute Gasteiger partial charge is 0.243 e. The monoisotopic (exact) mass is 356 g/mol. The third kappa shape index (κ3) is 6.31. The molecule has 0 atom stereocenters. The van der Waals surface area contributed by atoms with Gasteiger partial charge in [0.15, 0.2) is 0 Å². The quantitative estimate of drug-likeness (QED) is 0.691. The minimum atomic E-state index is -0.148. The van der Waals surface area contributed by atoms with Gasteiger partial charge in [0.1, 0.15) is 11.5 Å². The van der Waals surface area contributed by atoms with Gasteiger partial charge in [-0.15, -0.1) is 0 Å². The maximum absolute atomic E-state index is 12.3. The first-order valence-electron chi connectivity index (χ1n) is 8.97. The van der Waals surface area contributed by atoms with Crippen LogP contribution in [0.2, 0.25) is 0 Å². The molecule has 0 saturated heterocycles. The number of hydrogen-bond donors (Lipinski definition) is 2. The van der Waals surface area contributed by atoms with Crippen LogP contribution in [0.25, 0.3) is 0 Å². The molecule has 0 radical (unpaired) electrons. The number of amides is 1. The lowest BCUT2D eigenvalue weighted by molar-refractivity contribution is -0.114. The third-order valence-electron chi connectivity index (χ3n) is 3.42. The Labute approximate surface area is 155 Å². The van der Waals surface area contributed by atoms with Gasteiger partial charge in [-0.25, -0.2) is 0 Å². The van der Waals surface area contributed by atoms with E-state index < -0.39 is 0 Å². The Hall–Kier alpha value is -2.69. The van der Waals surface area contributed by atoms with Crippen LogP contribution in [0.15, 0.2) is 48.5 Å². The first kappa shape index (κ1) is 19.6. The van der Waals surface area contributed by atoms with E-state index in [0.29, 0.717) is 24.0 Å². The fraction of sp³-hybridized carbons (Fsp3) is 0.381. The van der Waals surface area contributed by atoms with Crippen LogP contribution < -0.4 is 20.1 Å². The van der Waals surface area contributed by atoms with Gasteiger partial charge in [0.05, 0.1) is 30.6 Å². The number of benzene rings is 2. The van der Waals surface area contributed by atoms with Crippen LogP contribution in [0.1, 0.15) is 27.7 Å². The molecular formula is C21H28N2O3. The van der Waals surface area contributed by atoms with Gasteiger partial charge < -0.3 is 20.1 Å². The summed E-state index contributed by atoms with van der Waals surface area (Å²) >= 11 is 0. The van der Waals surface area contributed by atoms with Gasteiger partial charge >= 0.3 is 0 Å². The molecule has 0 heterocycles. The first-order valence-corrected chi connectivity index (χ1v) is 8.97. The zero-order valence-electron chi connectivity index (χ0n) is 15.9. The lowest BCUT2D eigenvalue weighted by atomic mass is 10.2. The number of carbonyl (C=O) groups excluding carboxylic acids is 1. The van der Waals surface area contributed by atoms with E-state index in [1.54, 1.807) is 0 Å². The molecule has 0 bridgehead atoms. The molecule has 0 aliphatic carbocycles. The van der Waals surface area contributed by atoms with Crippen LogP contribution in [0, 0.1) is 5.92 Å². The Balaban J connectivity index is 1.96. The van der Waals surface area contributed by atoms with Gasteiger partial charge in [-0.2, -0.15) is 0 Å². The van der Waals surface area contributed by atoms with Gasteiger partial charge in [0.2, 0.25) is 5.91 Å². The number of ether oxygens (including phenoxy) is 2. The van der Waals surface area contributed by atoms with Gasteiger partial charge in [0, 0.05) is 0 Å². The van der Waals surface area contributed by atoms with E-state index in [1.165, 1.54) is 0 Å². The molecule has 5 heteroatoms. The zero-order chi connectivity index (χ0) is 18.9. The highest BCUT2D eigenvalue weighted by Crippen LogP contribution is 2.26. The first-order chi connectivity index (χ1) is 12.5. The molecule has 0 saturated carbocycles. The molecule has 2 N–H and O–H groups in total. The van der Waals surface area contributed by atoms with Crippen LogP contribution in [0.3, 0.4) is 0 Å². The van der Waals surface area contributed by atoms with Gasteiger partial charge in [-0.1, -0.05) is 38.1 Å². The van der Waals surface area contributed by atoms with E-state index in [2.05, 4.69) is 24.5 Å². The Morgan fingerprint density at radius 3 is 2.19 bits per heavy atom. The Kier molecular flexibility index (Phi) is 7.33. The highest BCUT2D eigenvalue weighted by atomic mass is 16.5. The zero-order valence-corrected chi connectivity index (χ0v) is 15.9. The average molecular weight is 356 g/mol. The molecule has 2 rings (SSSR count). The molecule has 140 valence electrons. The summed E-state index contributed by atoms with van der Waals surface area (Å²) in [6.45, 7) is 8.85. The molecule has 5 nitrogen and oxygen atoms in total. The number of rotatable bonds is 9. The maximum Gasteiger partial charge on any atom is 0.243 e. The predicted octanol–water partition coefficient (Wildman–Crippen LogP) is 4.56. The van der Waals surface area contributed by atoms with Crippen LogP contribution in [0.4, 0.5) is 11.4 Å². The summed E-state index contributed by atoms with van der Waals surface area (Å²) in [4.78, 5) is 12.3. The fourth-order valence-corrected chi connectivity index (χ4v) is 2.29. The van der Waals surface area contributed by atoms with Crippen molar-refractivity contribution in [3.63, 3.8) is 0 Å². The highest BCUT2D eigenvalue weighted by Gasteiger charge is 2.10. The van der Waals surface area contributed by atoms with E-state index in [1.807, 2.05) is 62.4 Å². The van der Waals surface area contributed by atoms with Gasteiger partial charge in [-0.05, 0) is 44.0 Å². The average Bonchev–Trinajstić information content (AvgIpc) is 2.59. The van der Waals surface area contributed by atoms with Crippen molar-refractivity contribution in [2.45, 2.75) is 33.8 Å². The molecule has 0 spiro atoms. The number of carbonyl (C=O) groups is 1. The van der Waals surface area contributed by atoms with Crippen molar-refractivity contribution < 1.29 is 14.3 Å². The second kappa shape index (κ2) is 9.70. The second-order valence-electron chi connectivity index (χ2n) is 6.77. The topological polar surface area (TPSA) is 59.6 Å². The minimum absolute atomic E-state index is 0.0664. The lowest BCUT2D eigenvalue weighted by Gasteiger charge is -2.16. The molecule has 2 aromatic carbocycles. The molecule has 0 aromatic heterocycles. The summed E-state index contributed by atoms with van der Waals surface area (Å²) in [5.74, 6) is 1.68. The van der Waals surface area contributed by atoms with Crippen molar-refractivity contribution in [1.82, 2.24) is 0 Å². The lowest BCUT2D eigenvalue weighted by Crippen LogP contribution is -2.22. The van der Waals surface area contributed by atoms with Gasteiger partial charge in [0.25, 0.3) is 0 Å². The van der Waals surface area contributed by atoms with Crippen molar-refractivity contribution in [2.75, 3.05) is 23.8 Å². The summed E-state index contributed by atoms with van der Waals surface area (Å²) in [6, 6.07) is 15.1. The maximum atomic E-state index is 12.3. The molecular weight excluding hydrogens is 328 g/mol. The molecule has 0 fully saturated rings. The second-order valence-corrected chi connectivity index (χ2v) is 6.77. The third-order valence-corrected chi connectivity index (χ3v) is 3.42. The molecule has 0 unspecified atom stereocenters. The summed E-state index contributed by atoms with van der Waals surface area (Å²) < 4.78 is 11.5. The van der Waals surface area contributed by atoms with Gasteiger partial charge in [-0.3, -0.25) is 4.79 Å². The van der Waals surface area contributed by atoms with E-state index in [0.717, 1.165) is 11.4 Å². The highest BCUT2D eigenvalue weighted by molar-refractivity contribution is 5.95. The normalized spacial score (nSPS) is 10.7. The van der Waals surface area contributed by atoms with Crippen LogP contribution in [0.5, 0.6) is 11.5 Å². The minimum Gasteiger partial charge on any atom is -0.491 e. The summed E-state index contributed by atoms with van der Waals surface area (Å²) in [6.07, 6.45) is 0.0664. The molecule has 0 aliphatic rings. The molecule has 1 amide bonds. The van der Waals surface area contributed by atoms with Crippen LogP contribution >= 0.6 is 0 Å². The van der Waals surface area contributed by atoms with Crippen LogP contribution in [-0.2, 0) is 4.79 Å². The standard InChI is InChI=1S/C21H28N2O3/c1-15(2)14-25-19-11-7-6-10-18(19)23-21(24)13-22-17-9-5-8-12-20(17)26-16(3)4/h5-12,15-16,22H,13-14H2,1-4H3,(H,23,24). The predicted molar refractivity (Wildman–Crippen MR) is 106 cm³/mol. The largest absolute Gasteiger partial charge is 0.491 e. The van der Waals surface area contributed by atoms with Crippen LogP contribution in [-0.4, -0.2) is 25.2 Å². The van der Waals surface area contributed by atoms with Crippen molar-refractivity contribution in [2.24, 2.45) is 5.92 Å². The number of nitrogens with one attached hydrogen (secondary N) is 2. The van der Waals surface area contributed by atoms with E-state index in [-0.39, 0.29) is 18.6 Å². The van der Waals surface area contributed by atoms with E-state index in [4.69, 9.17) is 9.47 Å². The van der Waals surface area contributed by atoms with E-state index in [9.17, 15) is 4.79 Å². The van der Waals surface area contributed by atoms with Crippen molar-refractivity contribution >= 4 is 17.3 Å². The summed E-state index contributed by atoms with van der Waals surface area (Å²) in [7, 11) is 0. The Morgan fingerprint density at radius 1 is 0.923 bits per heavy atom. The Bertz CT molecular complexity index is 714. The van der Waals surface area contributed by atoms with Crippen molar-refractivity contribution in [1.29, 1.82) is 0 Å². The number of para-hydroxylation sites is 4. The Morgan fingerprint density at radius 2 is 1.54 bits per heavy atom. The molecule has 0 aliphatic heterocycles. The molecule has 2 aromatic rings. The molecule has 26 heavy (non-hydrogen) atoms.